The summed E-state index contributed by atoms with van der Waals surface area (Å²) in [7, 11) is 0. The molecule has 2 rings (SSSR count). The van der Waals surface area contributed by atoms with Crippen molar-refractivity contribution in [2.45, 2.75) is 13.3 Å². The number of hydrogen-bond donors (Lipinski definition) is 1. The molecule has 0 aliphatic carbocycles. The highest BCUT2D eigenvalue weighted by Gasteiger charge is 2.04. The molecule has 0 fully saturated rings. The average molecular weight is 348 g/mol. The zero-order valence-corrected chi connectivity index (χ0v) is 13.5. The Morgan fingerprint density at radius 1 is 1.19 bits per heavy atom. The van der Waals surface area contributed by atoms with Crippen LogP contribution in [0.25, 0.3) is 0 Å². The molecule has 0 bridgehead atoms. The summed E-state index contributed by atoms with van der Waals surface area (Å²) in [5.74, 6) is 0.793. The van der Waals surface area contributed by atoms with Gasteiger partial charge in [-0.25, -0.2) is 0 Å². The maximum absolute atomic E-state index is 11.8. The van der Waals surface area contributed by atoms with Crippen LogP contribution in [0, 0.1) is 6.92 Å². The van der Waals surface area contributed by atoms with Gasteiger partial charge in [0.15, 0.2) is 0 Å². The predicted molar refractivity (Wildman–Crippen MR) is 87.5 cm³/mol. The Kier molecular flexibility index (Phi) is 5.81. The number of carbonyl (C=O) groups is 1. The Bertz CT molecular complexity index is 613. The Morgan fingerprint density at radius 2 is 2.00 bits per heavy atom. The SMILES string of the molecule is Cc1cccc(CC(=O)NCCOc2ccccc2Br)c1. The highest BCUT2D eigenvalue weighted by atomic mass is 79.9. The van der Waals surface area contributed by atoms with Crippen LogP contribution in [0.5, 0.6) is 5.75 Å². The number of ether oxygens (including phenoxy) is 1. The summed E-state index contributed by atoms with van der Waals surface area (Å²) in [5.41, 5.74) is 2.19. The number of carbonyl (C=O) groups excluding carboxylic acids is 1. The number of hydrogen-bond acceptors (Lipinski definition) is 2. The number of amides is 1. The molecule has 0 spiro atoms. The van der Waals surface area contributed by atoms with Gasteiger partial charge in [0, 0.05) is 0 Å². The summed E-state index contributed by atoms with van der Waals surface area (Å²) in [6.45, 7) is 2.96. The molecule has 0 aromatic heterocycles. The molecule has 0 saturated heterocycles. The summed E-state index contributed by atoms with van der Waals surface area (Å²) >= 11 is 3.42. The second-order valence-electron chi connectivity index (χ2n) is 4.79. The second-order valence-corrected chi connectivity index (χ2v) is 5.65. The van der Waals surface area contributed by atoms with Crippen molar-refractivity contribution < 1.29 is 9.53 Å². The topological polar surface area (TPSA) is 38.3 Å². The summed E-state index contributed by atoms with van der Waals surface area (Å²) in [6, 6.07) is 15.6. The number of halogens is 1. The fraction of sp³-hybridized carbons (Fsp3) is 0.235. The lowest BCUT2D eigenvalue weighted by Gasteiger charge is -2.09. The summed E-state index contributed by atoms with van der Waals surface area (Å²) in [5, 5.41) is 2.86. The van der Waals surface area contributed by atoms with Gasteiger partial charge in [0.05, 0.1) is 17.4 Å². The van der Waals surface area contributed by atoms with Crippen LogP contribution >= 0.6 is 15.9 Å². The number of rotatable bonds is 6. The highest BCUT2D eigenvalue weighted by molar-refractivity contribution is 9.10. The largest absolute Gasteiger partial charge is 0.491 e. The van der Waals surface area contributed by atoms with E-state index in [-0.39, 0.29) is 5.91 Å². The van der Waals surface area contributed by atoms with Gasteiger partial charge in [-0.3, -0.25) is 4.79 Å². The first kappa shape index (κ1) is 15.6. The van der Waals surface area contributed by atoms with E-state index in [0.717, 1.165) is 21.3 Å². The normalized spacial score (nSPS) is 10.2. The number of nitrogens with one attached hydrogen (secondary N) is 1. The van der Waals surface area contributed by atoms with Crippen LogP contribution in [-0.2, 0) is 11.2 Å². The molecule has 0 aliphatic heterocycles. The molecule has 1 amide bonds. The molecule has 110 valence electrons. The predicted octanol–water partition coefficient (Wildman–Crippen LogP) is 3.50. The van der Waals surface area contributed by atoms with Crippen molar-refractivity contribution in [1.82, 2.24) is 5.32 Å². The Morgan fingerprint density at radius 3 is 2.76 bits per heavy atom. The molecule has 0 radical (unpaired) electrons. The van der Waals surface area contributed by atoms with E-state index in [2.05, 4.69) is 21.2 Å². The fourth-order valence-electron chi connectivity index (χ4n) is 1.98. The fourth-order valence-corrected chi connectivity index (χ4v) is 2.38. The van der Waals surface area contributed by atoms with Gasteiger partial charge in [0.1, 0.15) is 12.4 Å². The molecule has 0 aliphatic rings. The lowest BCUT2D eigenvalue weighted by molar-refractivity contribution is -0.120. The lowest BCUT2D eigenvalue weighted by atomic mass is 10.1. The van der Waals surface area contributed by atoms with Gasteiger partial charge in [-0.2, -0.15) is 0 Å². The van der Waals surface area contributed by atoms with Crippen LogP contribution < -0.4 is 10.1 Å². The second kappa shape index (κ2) is 7.84. The number of aryl methyl sites for hydroxylation is 1. The van der Waals surface area contributed by atoms with Crippen LogP contribution in [0.15, 0.2) is 53.0 Å². The number of benzene rings is 2. The average Bonchev–Trinajstić information content (AvgIpc) is 2.45. The number of para-hydroxylation sites is 1. The van der Waals surface area contributed by atoms with Crippen molar-refractivity contribution in [1.29, 1.82) is 0 Å². The molecule has 0 heterocycles. The minimum Gasteiger partial charge on any atom is -0.491 e. The third kappa shape index (κ3) is 5.23. The van der Waals surface area contributed by atoms with Crippen molar-refractivity contribution in [2.24, 2.45) is 0 Å². The van der Waals surface area contributed by atoms with Crippen LogP contribution in [0.3, 0.4) is 0 Å². The van der Waals surface area contributed by atoms with E-state index in [1.165, 1.54) is 0 Å². The molecule has 0 saturated carbocycles. The minimum absolute atomic E-state index is 0.0105. The first-order chi connectivity index (χ1) is 10.1. The molecule has 0 unspecified atom stereocenters. The minimum atomic E-state index is 0.0105. The van der Waals surface area contributed by atoms with E-state index in [0.29, 0.717) is 19.6 Å². The highest BCUT2D eigenvalue weighted by Crippen LogP contribution is 2.23. The van der Waals surface area contributed by atoms with Gasteiger partial charge < -0.3 is 10.1 Å². The van der Waals surface area contributed by atoms with E-state index in [1.807, 2.05) is 55.5 Å². The van der Waals surface area contributed by atoms with Crippen LogP contribution in [0.4, 0.5) is 0 Å². The first-order valence-corrected chi connectivity index (χ1v) is 7.64. The van der Waals surface area contributed by atoms with Crippen molar-refractivity contribution in [2.75, 3.05) is 13.2 Å². The zero-order chi connectivity index (χ0) is 15.1. The maximum Gasteiger partial charge on any atom is 0.224 e. The summed E-state index contributed by atoms with van der Waals surface area (Å²) in [4.78, 5) is 11.8. The third-order valence-electron chi connectivity index (χ3n) is 2.97. The van der Waals surface area contributed by atoms with Crippen LogP contribution in [0.1, 0.15) is 11.1 Å². The zero-order valence-electron chi connectivity index (χ0n) is 11.9. The van der Waals surface area contributed by atoms with E-state index < -0.39 is 0 Å². The van der Waals surface area contributed by atoms with E-state index in [9.17, 15) is 4.79 Å². The van der Waals surface area contributed by atoms with Gasteiger partial charge in [0.25, 0.3) is 0 Å². The monoisotopic (exact) mass is 347 g/mol. The summed E-state index contributed by atoms with van der Waals surface area (Å²) in [6.07, 6.45) is 0.400. The van der Waals surface area contributed by atoms with Crippen LogP contribution in [-0.4, -0.2) is 19.1 Å². The molecule has 2 aromatic carbocycles. The Balaban J connectivity index is 1.71. The van der Waals surface area contributed by atoms with Crippen molar-refractivity contribution in [3.63, 3.8) is 0 Å². The summed E-state index contributed by atoms with van der Waals surface area (Å²) < 4.78 is 6.51. The molecule has 3 nitrogen and oxygen atoms in total. The third-order valence-corrected chi connectivity index (χ3v) is 3.62. The van der Waals surface area contributed by atoms with Gasteiger partial charge >= 0.3 is 0 Å². The van der Waals surface area contributed by atoms with Gasteiger partial charge in [-0.15, -0.1) is 0 Å². The van der Waals surface area contributed by atoms with Crippen LogP contribution in [0.2, 0.25) is 0 Å². The smallest absolute Gasteiger partial charge is 0.224 e. The maximum atomic E-state index is 11.8. The molecule has 0 atom stereocenters. The van der Waals surface area contributed by atoms with Gasteiger partial charge in [0.2, 0.25) is 5.91 Å². The molecule has 1 N–H and O–H groups in total. The standard InChI is InChI=1S/C17H18BrNO2/c1-13-5-4-6-14(11-13)12-17(20)19-9-10-21-16-8-3-2-7-15(16)18/h2-8,11H,9-10,12H2,1H3,(H,19,20). The van der Waals surface area contributed by atoms with Gasteiger partial charge in [-0.05, 0) is 40.5 Å². The molecular formula is C17H18BrNO2. The quantitative estimate of drug-likeness (QED) is 0.812. The van der Waals surface area contributed by atoms with Crippen molar-refractivity contribution in [3.8, 4) is 5.75 Å². The Labute approximate surface area is 133 Å². The van der Waals surface area contributed by atoms with E-state index >= 15 is 0 Å². The molecular weight excluding hydrogens is 330 g/mol. The van der Waals surface area contributed by atoms with Crippen molar-refractivity contribution >= 4 is 21.8 Å². The Hall–Kier alpha value is -1.81. The van der Waals surface area contributed by atoms with Crippen molar-refractivity contribution in [3.05, 3.63) is 64.1 Å². The lowest BCUT2D eigenvalue weighted by Crippen LogP contribution is -2.29. The molecule has 21 heavy (non-hydrogen) atoms. The van der Waals surface area contributed by atoms with E-state index in [1.54, 1.807) is 0 Å². The molecule has 2 aromatic rings. The first-order valence-electron chi connectivity index (χ1n) is 6.85. The van der Waals surface area contributed by atoms with Gasteiger partial charge in [-0.1, -0.05) is 42.0 Å². The molecule has 4 heteroatoms. The van der Waals surface area contributed by atoms with E-state index in [4.69, 9.17) is 4.74 Å².